The fourth-order valence-electron chi connectivity index (χ4n) is 1.25. The topological polar surface area (TPSA) is 60.4 Å². The SMILES string of the molecule is CCCc1cc([O-])ccc1C(=O)O. The summed E-state index contributed by atoms with van der Waals surface area (Å²) in [6.07, 6.45) is 1.47. The highest BCUT2D eigenvalue weighted by molar-refractivity contribution is 5.89. The third kappa shape index (κ3) is 2.21. The molecule has 13 heavy (non-hydrogen) atoms. The first kappa shape index (κ1) is 9.58. The van der Waals surface area contributed by atoms with E-state index in [-0.39, 0.29) is 11.3 Å². The first-order valence-electron chi connectivity index (χ1n) is 4.18. The number of carboxylic acid groups (broad SMARTS) is 1. The van der Waals surface area contributed by atoms with E-state index in [4.69, 9.17) is 5.11 Å². The molecule has 0 bridgehead atoms. The fourth-order valence-corrected chi connectivity index (χ4v) is 1.25. The summed E-state index contributed by atoms with van der Waals surface area (Å²) in [6.45, 7) is 1.95. The van der Waals surface area contributed by atoms with E-state index in [9.17, 15) is 9.90 Å². The molecule has 0 amide bonds. The Labute approximate surface area is 76.6 Å². The van der Waals surface area contributed by atoms with E-state index >= 15 is 0 Å². The molecule has 0 heterocycles. The summed E-state index contributed by atoms with van der Waals surface area (Å²) in [5, 5.41) is 19.7. The van der Waals surface area contributed by atoms with Gasteiger partial charge in [-0.15, -0.1) is 5.75 Å². The van der Waals surface area contributed by atoms with Crippen molar-refractivity contribution >= 4 is 5.97 Å². The quantitative estimate of drug-likeness (QED) is 0.763. The zero-order valence-electron chi connectivity index (χ0n) is 7.41. The van der Waals surface area contributed by atoms with Gasteiger partial charge in [-0.25, -0.2) is 4.79 Å². The maximum Gasteiger partial charge on any atom is 0.335 e. The number of aryl methyl sites for hydroxylation is 1. The van der Waals surface area contributed by atoms with Crippen LogP contribution in [0.4, 0.5) is 0 Å². The minimum absolute atomic E-state index is 0.131. The van der Waals surface area contributed by atoms with Crippen LogP contribution in [-0.2, 0) is 6.42 Å². The molecule has 0 saturated carbocycles. The lowest BCUT2D eigenvalue weighted by molar-refractivity contribution is -0.268. The van der Waals surface area contributed by atoms with Gasteiger partial charge in [0.05, 0.1) is 5.56 Å². The number of aromatic carboxylic acids is 1. The molecular formula is C10H11O3-. The van der Waals surface area contributed by atoms with Crippen molar-refractivity contribution in [3.63, 3.8) is 0 Å². The van der Waals surface area contributed by atoms with Gasteiger partial charge in [-0.2, -0.15) is 0 Å². The Bertz CT molecular complexity index is 318. The summed E-state index contributed by atoms with van der Waals surface area (Å²) >= 11 is 0. The number of benzene rings is 1. The highest BCUT2D eigenvalue weighted by Crippen LogP contribution is 2.16. The zero-order chi connectivity index (χ0) is 9.84. The molecule has 0 radical (unpaired) electrons. The zero-order valence-corrected chi connectivity index (χ0v) is 7.41. The average Bonchev–Trinajstić information content (AvgIpc) is 2.04. The molecule has 1 rings (SSSR count). The molecule has 0 aliphatic heterocycles. The first-order valence-corrected chi connectivity index (χ1v) is 4.18. The largest absolute Gasteiger partial charge is 0.872 e. The van der Waals surface area contributed by atoms with Crippen LogP contribution in [0.2, 0.25) is 0 Å². The number of carboxylic acids is 1. The van der Waals surface area contributed by atoms with Crippen LogP contribution in [0.5, 0.6) is 5.75 Å². The molecule has 0 saturated heterocycles. The van der Waals surface area contributed by atoms with Crippen LogP contribution in [-0.4, -0.2) is 11.1 Å². The van der Waals surface area contributed by atoms with E-state index in [1.807, 2.05) is 6.92 Å². The van der Waals surface area contributed by atoms with Gasteiger partial charge in [0.25, 0.3) is 0 Å². The van der Waals surface area contributed by atoms with Crippen molar-refractivity contribution in [2.24, 2.45) is 0 Å². The van der Waals surface area contributed by atoms with E-state index in [0.717, 1.165) is 6.42 Å². The van der Waals surface area contributed by atoms with Crippen LogP contribution in [0.1, 0.15) is 29.3 Å². The second-order valence-corrected chi connectivity index (χ2v) is 2.87. The van der Waals surface area contributed by atoms with Crippen molar-refractivity contribution in [3.05, 3.63) is 29.3 Å². The molecule has 0 unspecified atom stereocenters. The highest BCUT2D eigenvalue weighted by atomic mass is 16.4. The lowest BCUT2D eigenvalue weighted by Crippen LogP contribution is -2.03. The molecule has 1 aromatic rings. The standard InChI is InChI=1S/C10H12O3/c1-2-3-7-6-8(11)4-5-9(7)10(12)13/h4-6,11H,2-3H2,1H3,(H,12,13)/p-1. The van der Waals surface area contributed by atoms with Crippen molar-refractivity contribution in [1.29, 1.82) is 0 Å². The van der Waals surface area contributed by atoms with Crippen LogP contribution < -0.4 is 5.11 Å². The van der Waals surface area contributed by atoms with E-state index in [1.165, 1.54) is 18.2 Å². The lowest BCUT2D eigenvalue weighted by Gasteiger charge is -2.10. The molecule has 3 nitrogen and oxygen atoms in total. The highest BCUT2D eigenvalue weighted by Gasteiger charge is 2.07. The fraction of sp³-hybridized carbons (Fsp3) is 0.300. The van der Waals surface area contributed by atoms with Crippen LogP contribution in [0.3, 0.4) is 0 Å². The molecule has 1 N–H and O–H groups in total. The molecule has 0 aromatic heterocycles. The van der Waals surface area contributed by atoms with Crippen molar-refractivity contribution in [2.45, 2.75) is 19.8 Å². The summed E-state index contributed by atoms with van der Waals surface area (Å²) in [6, 6.07) is 4.05. The number of rotatable bonds is 3. The molecule has 0 atom stereocenters. The van der Waals surface area contributed by atoms with Crippen LogP contribution in [0, 0.1) is 0 Å². The van der Waals surface area contributed by atoms with Gasteiger partial charge in [0, 0.05) is 0 Å². The lowest BCUT2D eigenvalue weighted by atomic mass is 10.0. The van der Waals surface area contributed by atoms with Gasteiger partial charge in [-0.3, -0.25) is 0 Å². The first-order chi connectivity index (χ1) is 6.15. The molecule has 70 valence electrons. The third-order valence-corrected chi connectivity index (χ3v) is 1.83. The van der Waals surface area contributed by atoms with Crippen molar-refractivity contribution in [2.75, 3.05) is 0 Å². The Morgan fingerprint density at radius 1 is 1.54 bits per heavy atom. The minimum atomic E-state index is -0.969. The Morgan fingerprint density at radius 3 is 2.77 bits per heavy atom. The Balaban J connectivity index is 3.10. The second-order valence-electron chi connectivity index (χ2n) is 2.87. The van der Waals surface area contributed by atoms with Gasteiger partial charge >= 0.3 is 5.97 Å². The van der Waals surface area contributed by atoms with Gasteiger partial charge in [0.2, 0.25) is 0 Å². The van der Waals surface area contributed by atoms with E-state index in [0.29, 0.717) is 12.0 Å². The molecular weight excluding hydrogens is 168 g/mol. The average molecular weight is 179 g/mol. The van der Waals surface area contributed by atoms with Crippen molar-refractivity contribution in [1.82, 2.24) is 0 Å². The van der Waals surface area contributed by atoms with Gasteiger partial charge < -0.3 is 10.2 Å². The van der Waals surface area contributed by atoms with Crippen molar-refractivity contribution < 1.29 is 15.0 Å². The van der Waals surface area contributed by atoms with Crippen LogP contribution in [0.15, 0.2) is 18.2 Å². The monoisotopic (exact) mass is 179 g/mol. The third-order valence-electron chi connectivity index (χ3n) is 1.83. The van der Waals surface area contributed by atoms with Crippen LogP contribution in [0.25, 0.3) is 0 Å². The van der Waals surface area contributed by atoms with E-state index < -0.39 is 5.97 Å². The molecule has 3 heteroatoms. The van der Waals surface area contributed by atoms with Crippen LogP contribution >= 0.6 is 0 Å². The van der Waals surface area contributed by atoms with Crippen molar-refractivity contribution in [3.8, 4) is 5.75 Å². The number of hydrogen-bond acceptors (Lipinski definition) is 2. The van der Waals surface area contributed by atoms with Gasteiger partial charge in [-0.05, 0) is 18.1 Å². The number of hydrogen-bond donors (Lipinski definition) is 1. The van der Waals surface area contributed by atoms with E-state index in [2.05, 4.69) is 0 Å². The Morgan fingerprint density at radius 2 is 2.23 bits per heavy atom. The minimum Gasteiger partial charge on any atom is -0.872 e. The molecule has 1 aromatic carbocycles. The van der Waals surface area contributed by atoms with E-state index in [1.54, 1.807) is 0 Å². The molecule has 0 aliphatic carbocycles. The Kier molecular flexibility index (Phi) is 2.90. The second kappa shape index (κ2) is 3.94. The summed E-state index contributed by atoms with van der Waals surface area (Å²) in [4.78, 5) is 10.7. The molecule has 0 fully saturated rings. The summed E-state index contributed by atoms with van der Waals surface area (Å²) < 4.78 is 0. The summed E-state index contributed by atoms with van der Waals surface area (Å²) in [7, 11) is 0. The maximum atomic E-state index is 10.9. The molecule has 0 aliphatic rings. The van der Waals surface area contributed by atoms with Gasteiger partial charge in [-0.1, -0.05) is 25.5 Å². The summed E-state index contributed by atoms with van der Waals surface area (Å²) in [5.74, 6) is -1.10. The normalized spacial score (nSPS) is 9.92. The predicted molar refractivity (Wildman–Crippen MR) is 46.8 cm³/mol. The van der Waals surface area contributed by atoms with Gasteiger partial charge in [0.15, 0.2) is 0 Å². The molecule has 0 spiro atoms. The number of carbonyl (C=O) groups is 1. The predicted octanol–water partition coefficient (Wildman–Crippen LogP) is 1.41. The maximum absolute atomic E-state index is 10.9. The summed E-state index contributed by atoms with van der Waals surface area (Å²) in [5.41, 5.74) is 0.865. The smallest absolute Gasteiger partial charge is 0.335 e. The van der Waals surface area contributed by atoms with Gasteiger partial charge in [0.1, 0.15) is 0 Å². The Hall–Kier alpha value is -1.51.